The predicted molar refractivity (Wildman–Crippen MR) is 84.3 cm³/mol. The van der Waals surface area contributed by atoms with Crippen molar-refractivity contribution in [2.45, 2.75) is 50.6 Å². The molecule has 1 amide bonds. The van der Waals surface area contributed by atoms with Crippen LogP contribution in [0.3, 0.4) is 0 Å². The van der Waals surface area contributed by atoms with Crippen LogP contribution in [-0.2, 0) is 4.79 Å². The Bertz CT molecular complexity index is 349. The average Bonchev–Trinajstić information content (AvgIpc) is 3.11. The second-order valence-corrected chi connectivity index (χ2v) is 6.73. The number of hydrogen-bond acceptors (Lipinski definition) is 4. The minimum atomic E-state index is 0.132. The van der Waals surface area contributed by atoms with Gasteiger partial charge in [-0.05, 0) is 58.2 Å². The highest BCUT2D eigenvalue weighted by Crippen LogP contribution is 2.19. The maximum Gasteiger partial charge on any atom is 0.237 e. The molecule has 3 saturated heterocycles. The molecule has 5 heteroatoms. The van der Waals surface area contributed by atoms with Crippen LogP contribution in [0.1, 0.15) is 38.5 Å². The zero-order valence-electron chi connectivity index (χ0n) is 13.1. The molecule has 0 aliphatic carbocycles. The summed E-state index contributed by atoms with van der Waals surface area (Å²) in [5, 5.41) is 6.80. The van der Waals surface area contributed by atoms with Crippen molar-refractivity contribution >= 4 is 5.91 Å². The van der Waals surface area contributed by atoms with Crippen molar-refractivity contribution in [2.24, 2.45) is 0 Å². The number of amides is 1. The Morgan fingerprint density at radius 1 is 0.857 bits per heavy atom. The minimum Gasteiger partial charge on any atom is -0.355 e. The first-order valence-electron chi connectivity index (χ1n) is 8.81. The third kappa shape index (κ3) is 3.96. The largest absolute Gasteiger partial charge is 0.355 e. The molecule has 2 N–H and O–H groups in total. The van der Waals surface area contributed by atoms with E-state index in [-0.39, 0.29) is 11.9 Å². The highest BCUT2D eigenvalue weighted by Gasteiger charge is 2.30. The summed E-state index contributed by atoms with van der Waals surface area (Å²) in [5.41, 5.74) is 0. The Kier molecular flexibility index (Phi) is 5.49. The fourth-order valence-electron chi connectivity index (χ4n) is 4.10. The lowest BCUT2D eigenvalue weighted by molar-refractivity contribution is -0.125. The van der Waals surface area contributed by atoms with Crippen molar-refractivity contribution in [2.75, 3.05) is 45.8 Å². The summed E-state index contributed by atoms with van der Waals surface area (Å²) in [6.07, 6.45) is 7.09. The molecule has 0 aromatic heterocycles. The molecule has 0 aromatic carbocycles. The van der Waals surface area contributed by atoms with E-state index in [9.17, 15) is 4.79 Å². The van der Waals surface area contributed by atoms with Gasteiger partial charge in [0.15, 0.2) is 0 Å². The van der Waals surface area contributed by atoms with Gasteiger partial charge in [-0.25, -0.2) is 0 Å². The number of carbonyl (C=O) groups is 1. The van der Waals surface area contributed by atoms with E-state index in [1.807, 2.05) is 0 Å². The van der Waals surface area contributed by atoms with Crippen LogP contribution in [0.25, 0.3) is 0 Å². The van der Waals surface area contributed by atoms with Gasteiger partial charge in [0, 0.05) is 32.2 Å². The molecule has 0 spiro atoms. The molecule has 3 aliphatic heterocycles. The van der Waals surface area contributed by atoms with Gasteiger partial charge in [-0.2, -0.15) is 0 Å². The Hall–Kier alpha value is -0.650. The van der Waals surface area contributed by atoms with Crippen molar-refractivity contribution in [3.8, 4) is 0 Å². The van der Waals surface area contributed by atoms with E-state index in [2.05, 4.69) is 20.4 Å². The molecule has 2 atom stereocenters. The lowest BCUT2D eigenvalue weighted by Gasteiger charge is -2.27. The Morgan fingerprint density at radius 2 is 1.57 bits per heavy atom. The number of hydrogen-bond donors (Lipinski definition) is 2. The van der Waals surface area contributed by atoms with Gasteiger partial charge in [-0.15, -0.1) is 0 Å². The van der Waals surface area contributed by atoms with E-state index < -0.39 is 0 Å². The molecule has 120 valence electrons. The maximum atomic E-state index is 12.3. The maximum absolute atomic E-state index is 12.3. The smallest absolute Gasteiger partial charge is 0.237 e. The van der Waals surface area contributed by atoms with Gasteiger partial charge >= 0.3 is 0 Å². The lowest BCUT2D eigenvalue weighted by atomic mass is 10.2. The van der Waals surface area contributed by atoms with E-state index in [1.54, 1.807) is 0 Å². The molecule has 0 saturated carbocycles. The predicted octanol–water partition coefficient (Wildman–Crippen LogP) is 0.415. The standard InChI is InChI=1S/C16H30N4O/c21-16-15-6-2-10-20(15)12-3-7-17-13-14-5-1-9-19(14)11-4-8-18-16/h14-15,17H,1-13H2,(H,18,21)/t14-,15-/m1/s1. The van der Waals surface area contributed by atoms with Crippen LogP contribution in [0.4, 0.5) is 0 Å². The van der Waals surface area contributed by atoms with Gasteiger partial charge in [0.05, 0.1) is 6.04 Å². The third-order valence-corrected chi connectivity index (χ3v) is 5.27. The summed E-state index contributed by atoms with van der Waals surface area (Å²) in [6, 6.07) is 0.843. The van der Waals surface area contributed by atoms with Crippen LogP contribution in [0.2, 0.25) is 0 Å². The molecule has 0 unspecified atom stereocenters. The topological polar surface area (TPSA) is 47.6 Å². The van der Waals surface area contributed by atoms with Crippen LogP contribution < -0.4 is 10.6 Å². The fraction of sp³-hybridized carbons (Fsp3) is 0.938. The molecule has 3 rings (SSSR count). The number of nitrogens with one attached hydrogen (secondary N) is 2. The first-order chi connectivity index (χ1) is 10.3. The van der Waals surface area contributed by atoms with Crippen molar-refractivity contribution in [3.05, 3.63) is 0 Å². The van der Waals surface area contributed by atoms with E-state index in [0.717, 1.165) is 58.5 Å². The van der Waals surface area contributed by atoms with Crippen molar-refractivity contribution in [3.63, 3.8) is 0 Å². The average molecular weight is 294 g/mol. The van der Waals surface area contributed by atoms with Gasteiger partial charge in [-0.3, -0.25) is 14.6 Å². The molecular weight excluding hydrogens is 264 g/mol. The van der Waals surface area contributed by atoms with Gasteiger partial charge in [0.25, 0.3) is 0 Å². The Morgan fingerprint density at radius 3 is 2.52 bits per heavy atom. The number of carbonyl (C=O) groups excluding carboxylic acids is 1. The summed E-state index contributed by atoms with van der Waals surface area (Å²) < 4.78 is 0. The van der Waals surface area contributed by atoms with E-state index in [0.29, 0.717) is 6.04 Å². The highest BCUT2D eigenvalue weighted by atomic mass is 16.2. The molecular formula is C16H30N4O. The second-order valence-electron chi connectivity index (χ2n) is 6.73. The highest BCUT2D eigenvalue weighted by molar-refractivity contribution is 5.82. The molecule has 21 heavy (non-hydrogen) atoms. The van der Waals surface area contributed by atoms with E-state index in [1.165, 1.54) is 25.8 Å². The van der Waals surface area contributed by atoms with Crippen molar-refractivity contribution < 1.29 is 4.79 Å². The number of fused-ring (bicyclic) bond motifs is 2. The monoisotopic (exact) mass is 294 g/mol. The molecule has 3 aliphatic rings. The summed E-state index contributed by atoms with van der Waals surface area (Å²) >= 11 is 0. The Labute approximate surface area is 128 Å². The van der Waals surface area contributed by atoms with Gasteiger partial charge in [-0.1, -0.05) is 0 Å². The first kappa shape index (κ1) is 15.3. The quantitative estimate of drug-likeness (QED) is 0.680. The molecule has 5 nitrogen and oxygen atoms in total. The van der Waals surface area contributed by atoms with Crippen molar-refractivity contribution in [1.82, 2.24) is 20.4 Å². The molecule has 0 bridgehead atoms. The van der Waals surface area contributed by atoms with Crippen LogP contribution >= 0.6 is 0 Å². The van der Waals surface area contributed by atoms with Gasteiger partial charge < -0.3 is 10.6 Å². The van der Waals surface area contributed by atoms with E-state index in [4.69, 9.17) is 0 Å². The normalized spacial score (nSPS) is 34.0. The molecule has 0 aromatic rings. The zero-order valence-corrected chi connectivity index (χ0v) is 13.1. The van der Waals surface area contributed by atoms with Crippen molar-refractivity contribution in [1.29, 1.82) is 0 Å². The first-order valence-corrected chi connectivity index (χ1v) is 8.81. The molecule has 0 radical (unpaired) electrons. The molecule has 3 heterocycles. The van der Waals surface area contributed by atoms with Gasteiger partial charge in [0.2, 0.25) is 5.91 Å². The summed E-state index contributed by atoms with van der Waals surface area (Å²) in [6.45, 7) is 7.55. The summed E-state index contributed by atoms with van der Waals surface area (Å²) in [7, 11) is 0. The summed E-state index contributed by atoms with van der Waals surface area (Å²) in [4.78, 5) is 17.3. The summed E-state index contributed by atoms with van der Waals surface area (Å²) in [5.74, 6) is 0.260. The molecule has 3 fully saturated rings. The van der Waals surface area contributed by atoms with Gasteiger partial charge in [0.1, 0.15) is 0 Å². The Balaban J connectivity index is 1.55. The van der Waals surface area contributed by atoms with Crippen LogP contribution in [0, 0.1) is 0 Å². The minimum absolute atomic E-state index is 0.132. The van der Waals surface area contributed by atoms with Crippen LogP contribution in [0.5, 0.6) is 0 Å². The second kappa shape index (κ2) is 7.56. The fourth-order valence-corrected chi connectivity index (χ4v) is 4.10. The lowest BCUT2D eigenvalue weighted by Crippen LogP contribution is -2.46. The van der Waals surface area contributed by atoms with Crippen LogP contribution in [0.15, 0.2) is 0 Å². The third-order valence-electron chi connectivity index (χ3n) is 5.27. The number of nitrogens with zero attached hydrogens (tertiary/aromatic N) is 2. The van der Waals surface area contributed by atoms with Crippen LogP contribution in [-0.4, -0.2) is 73.6 Å². The zero-order chi connectivity index (χ0) is 14.5. The van der Waals surface area contributed by atoms with E-state index >= 15 is 0 Å². The SMILES string of the molecule is O=C1NCCCN2CCC[C@@H]2CNCCCN2CCC[C@H]12. The number of rotatable bonds is 0.